The Bertz CT molecular complexity index is 353. The molecule has 4 heteroatoms. The Morgan fingerprint density at radius 3 is 3.06 bits per heavy atom. The lowest BCUT2D eigenvalue weighted by Crippen LogP contribution is -2.47. The SMILES string of the molecule is CCN1CCOC(C(NC)c2sccc2C)C1. The Hall–Kier alpha value is -0.420. The highest BCUT2D eigenvalue weighted by molar-refractivity contribution is 7.10. The predicted molar refractivity (Wildman–Crippen MR) is 72.7 cm³/mol. The third-order valence-electron chi connectivity index (χ3n) is 3.49. The van der Waals surface area contributed by atoms with Crippen LogP contribution in [0.4, 0.5) is 0 Å². The van der Waals surface area contributed by atoms with E-state index in [0.717, 1.165) is 26.2 Å². The minimum absolute atomic E-state index is 0.269. The first-order valence-corrected chi connectivity index (χ1v) is 7.19. The number of ether oxygens (including phenoxy) is 1. The molecule has 0 radical (unpaired) electrons. The zero-order chi connectivity index (χ0) is 12.3. The minimum atomic E-state index is 0.269. The van der Waals surface area contributed by atoms with Gasteiger partial charge in [-0.25, -0.2) is 0 Å². The first-order chi connectivity index (χ1) is 8.26. The third-order valence-corrected chi connectivity index (χ3v) is 4.59. The van der Waals surface area contributed by atoms with Crippen molar-refractivity contribution >= 4 is 11.3 Å². The van der Waals surface area contributed by atoms with Gasteiger partial charge in [0.05, 0.1) is 18.8 Å². The van der Waals surface area contributed by atoms with E-state index in [1.807, 2.05) is 18.4 Å². The summed E-state index contributed by atoms with van der Waals surface area (Å²) in [4.78, 5) is 3.87. The first kappa shape index (κ1) is 13.0. The van der Waals surface area contributed by atoms with Crippen molar-refractivity contribution in [2.75, 3.05) is 33.3 Å². The Kier molecular flexibility index (Phi) is 4.56. The minimum Gasteiger partial charge on any atom is -0.374 e. The molecule has 3 nitrogen and oxygen atoms in total. The molecule has 0 amide bonds. The molecule has 1 aromatic rings. The third kappa shape index (κ3) is 2.88. The summed E-state index contributed by atoms with van der Waals surface area (Å²) in [6.45, 7) is 8.44. The number of aryl methyl sites for hydroxylation is 1. The Labute approximate surface area is 108 Å². The summed E-state index contributed by atoms with van der Waals surface area (Å²) in [7, 11) is 2.03. The number of hydrogen-bond acceptors (Lipinski definition) is 4. The van der Waals surface area contributed by atoms with Gasteiger partial charge in [0.25, 0.3) is 0 Å². The summed E-state index contributed by atoms with van der Waals surface area (Å²) in [6, 6.07) is 2.51. The molecule has 2 heterocycles. The van der Waals surface area contributed by atoms with Crippen molar-refractivity contribution in [3.05, 3.63) is 21.9 Å². The normalized spacial score (nSPS) is 23.8. The van der Waals surface area contributed by atoms with Crippen LogP contribution in [0.5, 0.6) is 0 Å². The second-order valence-corrected chi connectivity index (χ2v) is 5.48. The molecule has 1 N–H and O–H groups in total. The molecular formula is C13H22N2OS. The van der Waals surface area contributed by atoms with Crippen LogP contribution in [0.25, 0.3) is 0 Å². The van der Waals surface area contributed by atoms with Crippen LogP contribution in [-0.2, 0) is 4.74 Å². The van der Waals surface area contributed by atoms with Crippen LogP contribution in [0.1, 0.15) is 23.4 Å². The number of rotatable bonds is 4. The van der Waals surface area contributed by atoms with Gasteiger partial charge in [-0.2, -0.15) is 0 Å². The molecule has 0 aliphatic carbocycles. The largest absolute Gasteiger partial charge is 0.374 e. The summed E-state index contributed by atoms with van der Waals surface area (Å²) in [5, 5.41) is 5.58. The number of likely N-dealkylation sites (N-methyl/N-ethyl adjacent to an activating group) is 2. The van der Waals surface area contributed by atoms with Gasteiger partial charge in [0.2, 0.25) is 0 Å². The molecule has 1 aromatic heterocycles. The molecule has 1 aliphatic rings. The van der Waals surface area contributed by atoms with Crippen LogP contribution < -0.4 is 5.32 Å². The van der Waals surface area contributed by atoms with Crippen LogP contribution >= 0.6 is 11.3 Å². The van der Waals surface area contributed by atoms with E-state index in [9.17, 15) is 0 Å². The molecule has 1 fully saturated rings. The summed E-state index contributed by atoms with van der Waals surface area (Å²) in [5.41, 5.74) is 1.37. The van der Waals surface area contributed by atoms with E-state index in [1.165, 1.54) is 10.4 Å². The van der Waals surface area contributed by atoms with Crippen molar-refractivity contribution in [1.29, 1.82) is 0 Å². The standard InChI is InChI=1S/C13H22N2OS/c1-4-15-6-7-16-11(9-15)12(14-3)13-10(2)5-8-17-13/h5,8,11-12,14H,4,6-7,9H2,1-3H3. The molecule has 17 heavy (non-hydrogen) atoms. The van der Waals surface area contributed by atoms with Crippen LogP contribution in [0.15, 0.2) is 11.4 Å². The number of morpholine rings is 1. The number of hydrogen-bond donors (Lipinski definition) is 1. The average molecular weight is 254 g/mol. The highest BCUT2D eigenvalue weighted by Gasteiger charge is 2.29. The molecule has 1 saturated heterocycles. The summed E-state index contributed by atoms with van der Waals surface area (Å²) in [6.07, 6.45) is 0.269. The monoisotopic (exact) mass is 254 g/mol. The maximum atomic E-state index is 5.94. The number of nitrogens with one attached hydrogen (secondary N) is 1. The van der Waals surface area contributed by atoms with E-state index in [-0.39, 0.29) is 6.10 Å². The van der Waals surface area contributed by atoms with Gasteiger partial charge in [0, 0.05) is 18.0 Å². The summed E-state index contributed by atoms with van der Waals surface area (Å²) >= 11 is 1.82. The van der Waals surface area contributed by atoms with E-state index in [1.54, 1.807) is 0 Å². The van der Waals surface area contributed by atoms with E-state index in [4.69, 9.17) is 4.74 Å². The van der Waals surface area contributed by atoms with E-state index < -0.39 is 0 Å². The smallest absolute Gasteiger partial charge is 0.0904 e. The quantitative estimate of drug-likeness (QED) is 0.890. The molecule has 96 valence electrons. The van der Waals surface area contributed by atoms with Gasteiger partial charge in [-0.05, 0) is 37.5 Å². The Morgan fingerprint density at radius 1 is 1.65 bits per heavy atom. The van der Waals surface area contributed by atoms with E-state index >= 15 is 0 Å². The zero-order valence-corrected chi connectivity index (χ0v) is 11.7. The molecule has 0 aromatic carbocycles. The van der Waals surface area contributed by atoms with Gasteiger partial charge in [-0.1, -0.05) is 6.92 Å². The first-order valence-electron chi connectivity index (χ1n) is 6.31. The second-order valence-electron chi connectivity index (χ2n) is 4.54. The van der Waals surface area contributed by atoms with Crippen molar-refractivity contribution in [3.8, 4) is 0 Å². The van der Waals surface area contributed by atoms with Crippen LogP contribution in [0, 0.1) is 6.92 Å². The van der Waals surface area contributed by atoms with Gasteiger partial charge >= 0.3 is 0 Å². The topological polar surface area (TPSA) is 24.5 Å². The number of thiophene rings is 1. The average Bonchev–Trinajstić information content (AvgIpc) is 2.77. The van der Waals surface area contributed by atoms with Crippen molar-refractivity contribution in [2.45, 2.75) is 26.0 Å². The van der Waals surface area contributed by atoms with Gasteiger partial charge in [-0.15, -0.1) is 11.3 Å². The Morgan fingerprint density at radius 2 is 2.47 bits per heavy atom. The fraction of sp³-hybridized carbons (Fsp3) is 0.692. The lowest BCUT2D eigenvalue weighted by atomic mass is 10.0. The van der Waals surface area contributed by atoms with Crippen molar-refractivity contribution in [3.63, 3.8) is 0 Å². The van der Waals surface area contributed by atoms with Crippen molar-refractivity contribution in [1.82, 2.24) is 10.2 Å². The van der Waals surface area contributed by atoms with Crippen LogP contribution in [0.3, 0.4) is 0 Å². The molecule has 0 saturated carbocycles. The second kappa shape index (κ2) is 5.96. The lowest BCUT2D eigenvalue weighted by Gasteiger charge is -2.36. The Balaban J connectivity index is 2.10. The molecule has 0 bridgehead atoms. The summed E-state index contributed by atoms with van der Waals surface area (Å²) in [5.74, 6) is 0. The molecule has 2 unspecified atom stereocenters. The maximum Gasteiger partial charge on any atom is 0.0904 e. The highest BCUT2D eigenvalue weighted by Crippen LogP contribution is 2.29. The predicted octanol–water partition coefficient (Wildman–Crippen LogP) is 2.04. The molecule has 1 aliphatic heterocycles. The van der Waals surface area contributed by atoms with Gasteiger partial charge in [0.15, 0.2) is 0 Å². The van der Waals surface area contributed by atoms with Gasteiger partial charge in [0.1, 0.15) is 0 Å². The molecular weight excluding hydrogens is 232 g/mol. The zero-order valence-electron chi connectivity index (χ0n) is 10.9. The van der Waals surface area contributed by atoms with Crippen molar-refractivity contribution < 1.29 is 4.74 Å². The van der Waals surface area contributed by atoms with Crippen molar-refractivity contribution in [2.24, 2.45) is 0 Å². The molecule has 0 spiro atoms. The fourth-order valence-corrected chi connectivity index (χ4v) is 3.50. The molecule has 2 rings (SSSR count). The molecule has 2 atom stereocenters. The number of nitrogens with zero attached hydrogens (tertiary/aromatic N) is 1. The highest BCUT2D eigenvalue weighted by atomic mass is 32.1. The maximum absolute atomic E-state index is 5.94. The van der Waals surface area contributed by atoms with Crippen LogP contribution in [-0.4, -0.2) is 44.3 Å². The summed E-state index contributed by atoms with van der Waals surface area (Å²) < 4.78 is 5.94. The van der Waals surface area contributed by atoms with Crippen LogP contribution in [0.2, 0.25) is 0 Å². The fourth-order valence-electron chi connectivity index (χ4n) is 2.41. The van der Waals surface area contributed by atoms with E-state index in [0.29, 0.717) is 6.04 Å². The van der Waals surface area contributed by atoms with E-state index in [2.05, 4.69) is 35.5 Å². The lowest BCUT2D eigenvalue weighted by molar-refractivity contribution is -0.0439. The van der Waals surface area contributed by atoms with Gasteiger partial charge in [-0.3, -0.25) is 4.90 Å². The van der Waals surface area contributed by atoms with Gasteiger partial charge < -0.3 is 10.1 Å².